The normalized spacial score (nSPS) is 20.9. The molecule has 3 heteroatoms. The molecule has 0 amide bonds. The van der Waals surface area contributed by atoms with Gasteiger partial charge in [0.05, 0.1) is 0 Å². The molecular weight excluding hydrogens is 260 g/mol. The highest BCUT2D eigenvalue weighted by molar-refractivity contribution is 6.11. The molecule has 3 nitrogen and oxygen atoms in total. The topological polar surface area (TPSA) is 34.4 Å². The van der Waals surface area contributed by atoms with E-state index >= 15 is 0 Å². The van der Waals surface area contributed by atoms with Crippen molar-refractivity contribution in [3.05, 3.63) is 47.3 Å². The second-order valence-corrected chi connectivity index (χ2v) is 5.94. The second-order valence-electron chi connectivity index (χ2n) is 5.94. The van der Waals surface area contributed by atoms with Gasteiger partial charge in [-0.3, -0.25) is 9.79 Å². The first-order valence-electron chi connectivity index (χ1n) is 7.58. The van der Waals surface area contributed by atoms with Crippen molar-refractivity contribution in [1.82, 2.24) is 4.57 Å². The molecule has 1 aromatic heterocycles. The lowest BCUT2D eigenvalue weighted by Gasteiger charge is -2.22. The number of aliphatic imine (C=N–C) groups is 1. The van der Waals surface area contributed by atoms with Crippen molar-refractivity contribution in [2.45, 2.75) is 25.7 Å². The number of allylic oxidation sites excluding steroid dienone is 2. The van der Waals surface area contributed by atoms with Gasteiger partial charge in [-0.1, -0.05) is 24.3 Å². The lowest BCUT2D eigenvalue weighted by atomic mass is 9.82. The van der Waals surface area contributed by atoms with Crippen molar-refractivity contribution < 1.29 is 4.79 Å². The molecule has 4 rings (SSSR count). The first-order valence-corrected chi connectivity index (χ1v) is 7.58. The summed E-state index contributed by atoms with van der Waals surface area (Å²) in [6, 6.07) is 8.22. The highest BCUT2D eigenvalue weighted by atomic mass is 16.1. The molecule has 2 aromatic rings. The van der Waals surface area contributed by atoms with E-state index in [4.69, 9.17) is 0 Å². The van der Waals surface area contributed by atoms with Crippen LogP contribution in [0.15, 0.2) is 41.0 Å². The molecule has 0 saturated carbocycles. The number of nitrogens with zero attached hydrogens (tertiary/aromatic N) is 2. The average molecular weight is 278 g/mol. The van der Waals surface area contributed by atoms with Crippen molar-refractivity contribution in [2.75, 3.05) is 0 Å². The number of Topliss-reactive ketones (excluding diaryl/α,β-unsaturated/α-hetero) is 1. The first-order chi connectivity index (χ1) is 10.3. The molecule has 0 saturated heterocycles. The molecule has 0 bridgehead atoms. The Morgan fingerprint density at radius 1 is 1.33 bits per heavy atom. The number of ketones is 1. The van der Waals surface area contributed by atoms with E-state index in [0.29, 0.717) is 5.78 Å². The van der Waals surface area contributed by atoms with Crippen molar-refractivity contribution in [3.8, 4) is 0 Å². The van der Waals surface area contributed by atoms with Gasteiger partial charge in [0.15, 0.2) is 5.78 Å². The molecule has 1 aromatic carbocycles. The number of carbonyl (C=O) groups excluding carboxylic acids is 1. The number of para-hydroxylation sites is 1. The fourth-order valence-electron chi connectivity index (χ4n) is 3.65. The molecule has 0 spiro atoms. The number of aryl methyl sites for hydroxylation is 1. The van der Waals surface area contributed by atoms with Gasteiger partial charge in [0, 0.05) is 53.5 Å². The van der Waals surface area contributed by atoms with Gasteiger partial charge in [0.25, 0.3) is 0 Å². The maximum Gasteiger partial charge on any atom is 0.168 e. The predicted octanol–water partition coefficient (Wildman–Crippen LogP) is 3.67. The summed E-state index contributed by atoms with van der Waals surface area (Å²) in [5.41, 5.74) is 4.39. The molecule has 1 aliphatic heterocycles. The fraction of sp³-hybridized carbons (Fsp3) is 0.333. The zero-order valence-corrected chi connectivity index (χ0v) is 12.2. The summed E-state index contributed by atoms with van der Waals surface area (Å²) < 4.78 is 2.19. The summed E-state index contributed by atoms with van der Waals surface area (Å²) in [5, 5.41) is 1.11. The van der Waals surface area contributed by atoms with Gasteiger partial charge < -0.3 is 4.57 Å². The van der Waals surface area contributed by atoms with E-state index in [2.05, 4.69) is 34.8 Å². The van der Waals surface area contributed by atoms with Crippen LogP contribution in [0.25, 0.3) is 10.9 Å². The Balaban J connectivity index is 1.77. The van der Waals surface area contributed by atoms with Crippen LogP contribution in [0.1, 0.15) is 35.3 Å². The Labute approximate surface area is 124 Å². The van der Waals surface area contributed by atoms with Crippen LogP contribution in [0.2, 0.25) is 0 Å². The van der Waals surface area contributed by atoms with E-state index < -0.39 is 0 Å². The molecule has 1 unspecified atom stereocenters. The van der Waals surface area contributed by atoms with Crippen molar-refractivity contribution in [3.63, 3.8) is 0 Å². The number of hydrogen-bond acceptors (Lipinski definition) is 2. The molecular formula is C18H18N2O. The standard InChI is InChI=1S/C18H18N2O/c1-20-15-7-3-2-6-14(15)17-16(20)9-8-12(18(17)21)11-13-5-4-10-19-13/h2-3,5-7,10,12H,4,8-9,11H2,1H3. The SMILES string of the molecule is Cn1c2c(c3ccccc31)C(=O)C(CC1=CCC=N1)CC2. The number of rotatable bonds is 2. The van der Waals surface area contributed by atoms with Crippen molar-refractivity contribution >= 4 is 22.9 Å². The van der Waals surface area contributed by atoms with Gasteiger partial charge in [0.1, 0.15) is 0 Å². The minimum absolute atomic E-state index is 0.0878. The molecule has 0 fully saturated rings. The monoisotopic (exact) mass is 278 g/mol. The fourth-order valence-corrected chi connectivity index (χ4v) is 3.65. The van der Waals surface area contributed by atoms with Crippen LogP contribution in [-0.4, -0.2) is 16.6 Å². The maximum absolute atomic E-state index is 12.9. The van der Waals surface area contributed by atoms with E-state index in [0.717, 1.165) is 47.8 Å². The van der Waals surface area contributed by atoms with E-state index in [1.165, 1.54) is 5.69 Å². The minimum atomic E-state index is 0.0878. The van der Waals surface area contributed by atoms with Crippen LogP contribution in [-0.2, 0) is 13.5 Å². The van der Waals surface area contributed by atoms with Gasteiger partial charge in [-0.25, -0.2) is 0 Å². The van der Waals surface area contributed by atoms with E-state index in [1.54, 1.807) is 0 Å². The van der Waals surface area contributed by atoms with Gasteiger partial charge in [-0.05, 0) is 25.3 Å². The number of aromatic nitrogens is 1. The number of carbonyl (C=O) groups is 1. The van der Waals surface area contributed by atoms with Crippen LogP contribution >= 0.6 is 0 Å². The number of fused-ring (bicyclic) bond motifs is 3. The number of hydrogen-bond donors (Lipinski definition) is 0. The van der Waals surface area contributed by atoms with Crippen LogP contribution in [0.3, 0.4) is 0 Å². The number of benzene rings is 1. The summed E-state index contributed by atoms with van der Waals surface area (Å²) in [7, 11) is 2.07. The van der Waals surface area contributed by atoms with Crippen LogP contribution in [0.4, 0.5) is 0 Å². The smallest absolute Gasteiger partial charge is 0.168 e. The molecule has 1 aliphatic carbocycles. The Morgan fingerprint density at radius 2 is 2.19 bits per heavy atom. The summed E-state index contributed by atoms with van der Waals surface area (Å²) >= 11 is 0. The molecule has 0 N–H and O–H groups in total. The lowest BCUT2D eigenvalue weighted by molar-refractivity contribution is 0.0902. The van der Waals surface area contributed by atoms with Crippen molar-refractivity contribution in [2.24, 2.45) is 18.0 Å². The maximum atomic E-state index is 12.9. The average Bonchev–Trinajstić information content (AvgIpc) is 3.10. The van der Waals surface area contributed by atoms with Gasteiger partial charge >= 0.3 is 0 Å². The molecule has 21 heavy (non-hydrogen) atoms. The minimum Gasteiger partial charge on any atom is -0.347 e. The Kier molecular flexibility index (Phi) is 2.81. The van der Waals surface area contributed by atoms with Crippen LogP contribution < -0.4 is 0 Å². The molecule has 0 radical (unpaired) electrons. The third-order valence-corrected chi connectivity index (χ3v) is 4.75. The Bertz CT molecular complexity index is 795. The van der Waals surface area contributed by atoms with E-state index in [9.17, 15) is 4.79 Å². The third-order valence-electron chi connectivity index (χ3n) is 4.75. The zero-order valence-electron chi connectivity index (χ0n) is 12.2. The molecule has 2 heterocycles. The van der Waals surface area contributed by atoms with Crippen LogP contribution in [0.5, 0.6) is 0 Å². The summed E-state index contributed by atoms with van der Waals surface area (Å²) in [4.78, 5) is 17.3. The highest BCUT2D eigenvalue weighted by Gasteiger charge is 2.32. The van der Waals surface area contributed by atoms with Crippen LogP contribution in [0, 0.1) is 5.92 Å². The zero-order chi connectivity index (χ0) is 14.4. The summed E-state index contributed by atoms with van der Waals surface area (Å²) in [5.74, 6) is 0.390. The quantitative estimate of drug-likeness (QED) is 0.825. The van der Waals surface area contributed by atoms with Gasteiger partial charge in [0.2, 0.25) is 0 Å². The van der Waals surface area contributed by atoms with Gasteiger partial charge in [-0.2, -0.15) is 0 Å². The summed E-state index contributed by atoms with van der Waals surface area (Å²) in [6.07, 6.45) is 7.67. The van der Waals surface area contributed by atoms with E-state index in [-0.39, 0.29) is 5.92 Å². The highest BCUT2D eigenvalue weighted by Crippen LogP contribution is 2.36. The van der Waals surface area contributed by atoms with Gasteiger partial charge in [-0.15, -0.1) is 0 Å². The predicted molar refractivity (Wildman–Crippen MR) is 84.9 cm³/mol. The molecule has 1 atom stereocenters. The Morgan fingerprint density at radius 3 is 3.00 bits per heavy atom. The second kappa shape index (κ2) is 4.69. The third kappa shape index (κ3) is 1.88. The largest absolute Gasteiger partial charge is 0.347 e. The summed E-state index contributed by atoms with van der Waals surface area (Å²) in [6.45, 7) is 0. The molecule has 106 valence electrons. The first kappa shape index (κ1) is 12.6. The van der Waals surface area contributed by atoms with E-state index in [1.807, 2.05) is 18.3 Å². The van der Waals surface area contributed by atoms with Crippen molar-refractivity contribution in [1.29, 1.82) is 0 Å². The molecule has 2 aliphatic rings. The Hall–Kier alpha value is -2.16. The lowest BCUT2D eigenvalue weighted by Crippen LogP contribution is -2.23.